The number of rotatable bonds is 9. The number of benzene rings is 2. The number of anilines is 3. The average molecular weight is 638 g/mol. The summed E-state index contributed by atoms with van der Waals surface area (Å²) in [6.07, 6.45) is 5.32. The minimum absolute atomic E-state index is 0.462. The lowest BCUT2D eigenvalue weighted by atomic mass is 10.1. The van der Waals surface area contributed by atoms with Gasteiger partial charge in [0.05, 0.1) is 27.5 Å². The van der Waals surface area contributed by atoms with Crippen molar-refractivity contribution < 1.29 is 4.74 Å². The number of thioether (sulfide) groups is 2. The van der Waals surface area contributed by atoms with E-state index >= 15 is 0 Å². The Balaban J connectivity index is 1.31. The van der Waals surface area contributed by atoms with Crippen molar-refractivity contribution in [3.05, 3.63) is 59.5 Å². The van der Waals surface area contributed by atoms with E-state index in [4.69, 9.17) is 16.3 Å². The van der Waals surface area contributed by atoms with Crippen molar-refractivity contribution in [2.24, 2.45) is 7.05 Å². The number of aryl methyl sites for hydroxylation is 1. The molecular weight excluding hydrogens is 606 g/mol. The van der Waals surface area contributed by atoms with Crippen molar-refractivity contribution in [2.45, 2.75) is 10.1 Å². The molecule has 2 aliphatic heterocycles. The summed E-state index contributed by atoms with van der Waals surface area (Å²) < 4.78 is 8.46. The Morgan fingerprint density at radius 2 is 1.86 bits per heavy atom. The molecule has 0 unspecified atom stereocenters. The molecule has 218 valence electrons. The summed E-state index contributed by atoms with van der Waals surface area (Å²) in [5, 5.41) is 15.8. The average Bonchev–Trinajstić information content (AvgIpc) is 3.43. The van der Waals surface area contributed by atoms with Gasteiger partial charge in [0, 0.05) is 97.3 Å². The molecule has 0 amide bonds. The number of imidazole rings is 1. The number of ether oxygens (including phenoxy) is 1. The zero-order valence-corrected chi connectivity index (χ0v) is 26.6. The SMILES string of the molecule is Cn1ccnc1Sc1ccc(Nc2c(C#N)cnc3cc(N4CCSCC4)c(OCCN4CCSCC4)cc23)cc1Cl. The fraction of sp³-hybridized carbons (Fsp3) is 0.367. The van der Waals surface area contributed by atoms with Crippen molar-refractivity contribution in [2.75, 3.05) is 72.6 Å². The molecule has 0 bridgehead atoms. The van der Waals surface area contributed by atoms with Gasteiger partial charge in [-0.3, -0.25) is 9.88 Å². The molecule has 0 aliphatic carbocycles. The maximum absolute atomic E-state index is 10.0. The molecule has 2 fully saturated rings. The van der Waals surface area contributed by atoms with Gasteiger partial charge in [0.15, 0.2) is 5.16 Å². The highest BCUT2D eigenvalue weighted by Gasteiger charge is 2.20. The third kappa shape index (κ3) is 6.74. The van der Waals surface area contributed by atoms with Crippen molar-refractivity contribution in [3.8, 4) is 11.8 Å². The summed E-state index contributed by atoms with van der Waals surface area (Å²) in [5.74, 6) is 5.37. The van der Waals surface area contributed by atoms with E-state index in [1.807, 2.05) is 59.5 Å². The van der Waals surface area contributed by atoms with Crippen LogP contribution in [0.15, 0.2) is 59.0 Å². The second kappa shape index (κ2) is 13.7. The number of nitrogens with zero attached hydrogens (tertiary/aromatic N) is 6. The van der Waals surface area contributed by atoms with Crippen LogP contribution in [-0.4, -0.2) is 81.8 Å². The molecule has 6 rings (SSSR count). The molecule has 2 aliphatic rings. The maximum atomic E-state index is 10.0. The van der Waals surface area contributed by atoms with Gasteiger partial charge in [-0.1, -0.05) is 23.4 Å². The molecule has 42 heavy (non-hydrogen) atoms. The molecule has 4 heterocycles. The Labute approximate surface area is 264 Å². The molecule has 4 aromatic rings. The van der Waals surface area contributed by atoms with Crippen LogP contribution < -0.4 is 15.0 Å². The van der Waals surface area contributed by atoms with Gasteiger partial charge in [-0.2, -0.15) is 28.8 Å². The monoisotopic (exact) mass is 637 g/mol. The normalized spacial score (nSPS) is 16.0. The molecule has 2 aromatic heterocycles. The van der Waals surface area contributed by atoms with E-state index in [2.05, 4.69) is 43.3 Å². The number of hydrogen-bond donors (Lipinski definition) is 1. The first-order valence-corrected chi connectivity index (χ1v) is 17.4. The molecule has 2 aromatic carbocycles. The van der Waals surface area contributed by atoms with E-state index in [1.165, 1.54) is 23.3 Å². The van der Waals surface area contributed by atoms with Crippen molar-refractivity contribution in [3.63, 3.8) is 0 Å². The number of pyridine rings is 1. The lowest BCUT2D eigenvalue weighted by Crippen LogP contribution is -2.36. The van der Waals surface area contributed by atoms with Gasteiger partial charge in [-0.25, -0.2) is 4.98 Å². The van der Waals surface area contributed by atoms with Gasteiger partial charge in [-0.05, 0) is 30.3 Å². The Morgan fingerprint density at radius 3 is 2.57 bits per heavy atom. The molecule has 0 saturated carbocycles. The van der Waals surface area contributed by atoms with E-state index in [9.17, 15) is 5.26 Å². The molecule has 2 saturated heterocycles. The predicted octanol–water partition coefficient (Wildman–Crippen LogP) is 6.37. The van der Waals surface area contributed by atoms with Gasteiger partial charge in [0.2, 0.25) is 0 Å². The van der Waals surface area contributed by atoms with Gasteiger partial charge >= 0.3 is 0 Å². The highest BCUT2D eigenvalue weighted by molar-refractivity contribution is 7.99. The van der Waals surface area contributed by atoms with Crippen molar-refractivity contribution >= 4 is 74.9 Å². The van der Waals surface area contributed by atoms with Crippen LogP contribution in [0.25, 0.3) is 10.9 Å². The first-order chi connectivity index (χ1) is 20.6. The molecular formula is C30H32ClN7OS3. The number of aromatic nitrogens is 3. The first-order valence-electron chi connectivity index (χ1n) is 13.9. The molecule has 0 atom stereocenters. The second-order valence-electron chi connectivity index (χ2n) is 10.1. The van der Waals surface area contributed by atoms with Crippen LogP contribution in [0.1, 0.15) is 5.56 Å². The number of fused-ring (bicyclic) bond motifs is 1. The predicted molar refractivity (Wildman–Crippen MR) is 177 cm³/mol. The number of hydrogen-bond acceptors (Lipinski definition) is 10. The van der Waals surface area contributed by atoms with E-state index in [-0.39, 0.29) is 0 Å². The van der Waals surface area contributed by atoms with E-state index < -0.39 is 0 Å². The van der Waals surface area contributed by atoms with Crippen LogP contribution >= 0.6 is 46.9 Å². The van der Waals surface area contributed by atoms with Crippen LogP contribution in [-0.2, 0) is 7.05 Å². The minimum Gasteiger partial charge on any atom is -0.490 e. The van der Waals surface area contributed by atoms with Crippen LogP contribution in [0.5, 0.6) is 5.75 Å². The summed E-state index contributed by atoms with van der Waals surface area (Å²) in [5.41, 5.74) is 3.83. The second-order valence-corrected chi connectivity index (χ2v) is 14.0. The van der Waals surface area contributed by atoms with Crippen LogP contribution in [0.3, 0.4) is 0 Å². The van der Waals surface area contributed by atoms with Crippen molar-refractivity contribution in [1.29, 1.82) is 5.26 Å². The number of nitriles is 1. The molecule has 0 spiro atoms. The molecule has 0 radical (unpaired) electrons. The lowest BCUT2D eigenvalue weighted by molar-refractivity contribution is 0.222. The lowest BCUT2D eigenvalue weighted by Gasteiger charge is -2.31. The molecule has 12 heteroatoms. The van der Waals surface area contributed by atoms with Crippen LogP contribution in [0.4, 0.5) is 17.1 Å². The Kier molecular flexibility index (Phi) is 9.56. The first kappa shape index (κ1) is 29.3. The highest BCUT2D eigenvalue weighted by Crippen LogP contribution is 2.40. The zero-order chi connectivity index (χ0) is 28.9. The summed E-state index contributed by atoms with van der Waals surface area (Å²) >= 11 is 12.2. The standard InChI is InChI=1S/C30H32ClN7OS3/c1-36-5-4-33-30(36)42-28-3-2-22(16-24(28)31)35-29-21(19-32)20-34-25-18-26(38-9-14-41-15-10-38)27(17-23(25)29)39-11-6-37-7-12-40-13-8-37/h2-5,16-18,20H,6-15H2,1H3,(H,34,35). The third-order valence-corrected chi connectivity index (χ3v) is 10.8. The minimum atomic E-state index is 0.462. The maximum Gasteiger partial charge on any atom is 0.172 e. The molecule has 8 nitrogen and oxygen atoms in total. The smallest absolute Gasteiger partial charge is 0.172 e. The Bertz CT molecular complexity index is 1600. The number of nitrogens with one attached hydrogen (secondary N) is 1. The van der Waals surface area contributed by atoms with Gasteiger partial charge in [-0.15, -0.1) is 0 Å². The molecule has 1 N–H and O–H groups in total. The summed E-state index contributed by atoms with van der Waals surface area (Å²) in [4.78, 5) is 14.8. The largest absolute Gasteiger partial charge is 0.490 e. The van der Waals surface area contributed by atoms with Gasteiger partial charge in [0.1, 0.15) is 18.4 Å². The quantitative estimate of drug-likeness (QED) is 0.224. The van der Waals surface area contributed by atoms with Gasteiger partial charge in [0.25, 0.3) is 0 Å². The van der Waals surface area contributed by atoms with Crippen LogP contribution in [0.2, 0.25) is 5.02 Å². The summed E-state index contributed by atoms with van der Waals surface area (Å²) in [6, 6.07) is 12.3. The summed E-state index contributed by atoms with van der Waals surface area (Å²) in [7, 11) is 1.96. The van der Waals surface area contributed by atoms with E-state index in [0.29, 0.717) is 22.9 Å². The van der Waals surface area contributed by atoms with Crippen LogP contribution in [0, 0.1) is 11.3 Å². The highest BCUT2D eigenvalue weighted by atomic mass is 35.5. The summed E-state index contributed by atoms with van der Waals surface area (Å²) in [6.45, 7) is 5.66. The van der Waals surface area contributed by atoms with Crippen molar-refractivity contribution in [1.82, 2.24) is 19.4 Å². The number of halogens is 1. The fourth-order valence-corrected chi connectivity index (χ4v) is 8.04. The zero-order valence-electron chi connectivity index (χ0n) is 23.4. The Hall–Kier alpha value is -2.75. The van der Waals surface area contributed by atoms with Gasteiger partial charge < -0.3 is 19.5 Å². The van der Waals surface area contributed by atoms with E-state index in [0.717, 1.165) is 82.3 Å². The van der Waals surface area contributed by atoms with E-state index in [1.54, 1.807) is 12.4 Å². The fourth-order valence-electron chi connectivity index (χ4n) is 5.06. The topological polar surface area (TPSA) is 82.2 Å². The third-order valence-electron chi connectivity index (χ3n) is 7.37. The Morgan fingerprint density at radius 1 is 1.07 bits per heavy atom.